The Morgan fingerprint density at radius 2 is 1.47 bits per heavy atom. The summed E-state index contributed by atoms with van der Waals surface area (Å²) in [6.07, 6.45) is -1.14. The van der Waals surface area contributed by atoms with Crippen LogP contribution in [-0.2, 0) is 0 Å². The predicted octanol–water partition coefficient (Wildman–Crippen LogP) is 1.84. The van der Waals surface area contributed by atoms with Crippen molar-refractivity contribution < 1.29 is 13.5 Å². The predicted molar refractivity (Wildman–Crippen MR) is 64.7 cm³/mol. The van der Waals surface area contributed by atoms with Gasteiger partial charge in [0.2, 0.25) is 0 Å². The standard InChI is InChI=1S/C12H18F2N4O/c1-11(2)5-7(6-12(3,4)18-11)19-10-16-8(13)15-9(14)17-10/h7,18H,5-6H2,1-4H3. The third-order valence-electron chi connectivity index (χ3n) is 2.99. The summed E-state index contributed by atoms with van der Waals surface area (Å²) in [5.41, 5.74) is -0.257. The van der Waals surface area contributed by atoms with Gasteiger partial charge >= 0.3 is 18.2 Å². The minimum absolute atomic E-state index is 0.128. The van der Waals surface area contributed by atoms with Crippen LogP contribution in [0.3, 0.4) is 0 Å². The van der Waals surface area contributed by atoms with Gasteiger partial charge in [0.25, 0.3) is 0 Å². The van der Waals surface area contributed by atoms with E-state index in [4.69, 9.17) is 4.74 Å². The first-order valence-corrected chi connectivity index (χ1v) is 6.18. The van der Waals surface area contributed by atoms with Crippen LogP contribution in [0.2, 0.25) is 0 Å². The molecule has 0 saturated carbocycles. The van der Waals surface area contributed by atoms with E-state index in [-0.39, 0.29) is 23.2 Å². The molecule has 1 aliphatic rings. The zero-order valence-electron chi connectivity index (χ0n) is 11.5. The van der Waals surface area contributed by atoms with Crippen LogP contribution in [0.15, 0.2) is 0 Å². The Bertz CT molecular complexity index is 443. The summed E-state index contributed by atoms with van der Waals surface area (Å²) in [6, 6.07) is -0.302. The number of piperidine rings is 1. The van der Waals surface area contributed by atoms with E-state index in [1.807, 2.05) is 0 Å². The molecule has 0 unspecified atom stereocenters. The van der Waals surface area contributed by atoms with Crippen LogP contribution >= 0.6 is 0 Å². The molecule has 0 bridgehead atoms. The van der Waals surface area contributed by atoms with Crippen molar-refractivity contribution in [3.63, 3.8) is 0 Å². The zero-order chi connectivity index (χ0) is 14.3. The van der Waals surface area contributed by atoms with Gasteiger partial charge in [-0.15, -0.1) is 9.97 Å². The van der Waals surface area contributed by atoms with E-state index in [1.165, 1.54) is 0 Å². The topological polar surface area (TPSA) is 59.9 Å². The van der Waals surface area contributed by atoms with Gasteiger partial charge < -0.3 is 10.1 Å². The van der Waals surface area contributed by atoms with E-state index in [0.29, 0.717) is 12.8 Å². The van der Waals surface area contributed by atoms with Gasteiger partial charge in [0.1, 0.15) is 6.10 Å². The lowest BCUT2D eigenvalue weighted by atomic mass is 9.81. The van der Waals surface area contributed by atoms with Crippen molar-refractivity contribution in [2.75, 3.05) is 0 Å². The third kappa shape index (κ3) is 3.79. The van der Waals surface area contributed by atoms with Crippen LogP contribution in [0.1, 0.15) is 40.5 Å². The fourth-order valence-corrected chi connectivity index (χ4v) is 2.82. The van der Waals surface area contributed by atoms with Crippen molar-refractivity contribution in [1.29, 1.82) is 0 Å². The van der Waals surface area contributed by atoms with Crippen molar-refractivity contribution in [3.05, 3.63) is 12.2 Å². The molecule has 5 nitrogen and oxygen atoms in total. The Labute approximate surface area is 110 Å². The second kappa shape index (κ2) is 4.63. The second-order valence-corrected chi connectivity index (χ2v) is 6.20. The molecule has 0 aliphatic carbocycles. The molecule has 1 N–H and O–H groups in total. The highest BCUT2D eigenvalue weighted by atomic mass is 19.1. The molecule has 0 amide bonds. The second-order valence-electron chi connectivity index (χ2n) is 6.20. The van der Waals surface area contributed by atoms with Gasteiger partial charge in [0.15, 0.2) is 0 Å². The minimum Gasteiger partial charge on any atom is -0.460 e. The third-order valence-corrected chi connectivity index (χ3v) is 2.99. The molecule has 1 aromatic rings. The van der Waals surface area contributed by atoms with Gasteiger partial charge in [-0.1, -0.05) is 0 Å². The molecule has 2 rings (SSSR count). The average molecular weight is 272 g/mol. The number of hydrogen-bond acceptors (Lipinski definition) is 5. The maximum absolute atomic E-state index is 12.9. The molecular formula is C12H18F2N4O. The number of halogens is 2. The Kier molecular flexibility index (Phi) is 3.42. The normalized spacial score (nSPS) is 22.2. The Morgan fingerprint density at radius 3 is 1.95 bits per heavy atom. The molecule has 0 aromatic carbocycles. The molecule has 1 aromatic heterocycles. The fraction of sp³-hybridized carbons (Fsp3) is 0.750. The maximum atomic E-state index is 12.9. The fourth-order valence-electron chi connectivity index (χ4n) is 2.82. The Morgan fingerprint density at radius 1 is 1.00 bits per heavy atom. The Hall–Kier alpha value is -1.37. The summed E-state index contributed by atoms with van der Waals surface area (Å²) in [4.78, 5) is 9.54. The Balaban J connectivity index is 2.14. The largest absolute Gasteiger partial charge is 0.460 e. The SMILES string of the molecule is CC1(C)CC(Oc2nc(F)nc(F)n2)CC(C)(C)N1. The zero-order valence-corrected chi connectivity index (χ0v) is 11.5. The first-order chi connectivity index (χ1) is 8.65. The van der Waals surface area contributed by atoms with Crippen LogP contribution < -0.4 is 10.1 Å². The lowest BCUT2D eigenvalue weighted by Gasteiger charge is -2.45. The van der Waals surface area contributed by atoms with Gasteiger partial charge in [0.05, 0.1) is 0 Å². The molecule has 1 saturated heterocycles. The van der Waals surface area contributed by atoms with Gasteiger partial charge in [-0.2, -0.15) is 13.8 Å². The molecule has 1 fully saturated rings. The summed E-state index contributed by atoms with van der Waals surface area (Å²) in [7, 11) is 0. The lowest BCUT2D eigenvalue weighted by Crippen LogP contribution is -2.60. The summed E-state index contributed by atoms with van der Waals surface area (Å²) >= 11 is 0. The van der Waals surface area contributed by atoms with Crippen LogP contribution in [0, 0.1) is 12.2 Å². The van der Waals surface area contributed by atoms with E-state index in [0.717, 1.165) is 0 Å². The summed E-state index contributed by atoms with van der Waals surface area (Å²) in [5.74, 6) is 0. The number of nitrogens with one attached hydrogen (secondary N) is 1. The van der Waals surface area contributed by atoms with Crippen molar-refractivity contribution in [2.45, 2.75) is 57.7 Å². The number of nitrogens with zero attached hydrogens (tertiary/aromatic N) is 3. The molecule has 106 valence electrons. The highest BCUT2D eigenvalue weighted by molar-refractivity contribution is 5.00. The molecule has 19 heavy (non-hydrogen) atoms. The molecule has 2 heterocycles. The number of rotatable bonds is 2. The van der Waals surface area contributed by atoms with Gasteiger partial charge in [0, 0.05) is 23.9 Å². The summed E-state index contributed by atoms with van der Waals surface area (Å²) in [6.45, 7) is 8.22. The molecular weight excluding hydrogens is 254 g/mol. The first kappa shape index (κ1) is 14.0. The highest BCUT2D eigenvalue weighted by Crippen LogP contribution is 2.30. The first-order valence-electron chi connectivity index (χ1n) is 6.18. The molecule has 0 atom stereocenters. The van der Waals surface area contributed by atoms with Gasteiger partial charge in [-0.05, 0) is 27.7 Å². The number of ether oxygens (including phenoxy) is 1. The van der Waals surface area contributed by atoms with Crippen LogP contribution in [0.25, 0.3) is 0 Å². The maximum Gasteiger partial charge on any atom is 0.324 e. The van der Waals surface area contributed by atoms with Crippen molar-refractivity contribution >= 4 is 0 Å². The molecule has 0 radical (unpaired) electrons. The lowest BCUT2D eigenvalue weighted by molar-refractivity contribution is 0.0480. The highest BCUT2D eigenvalue weighted by Gasteiger charge is 2.39. The minimum atomic E-state index is -1.17. The van der Waals surface area contributed by atoms with E-state index in [9.17, 15) is 8.78 Å². The van der Waals surface area contributed by atoms with Crippen molar-refractivity contribution in [1.82, 2.24) is 20.3 Å². The molecule has 0 spiro atoms. The van der Waals surface area contributed by atoms with E-state index >= 15 is 0 Å². The van der Waals surface area contributed by atoms with Crippen LogP contribution in [0.5, 0.6) is 6.01 Å². The smallest absolute Gasteiger partial charge is 0.324 e. The van der Waals surface area contributed by atoms with Crippen LogP contribution in [-0.4, -0.2) is 32.1 Å². The monoisotopic (exact) mass is 272 g/mol. The van der Waals surface area contributed by atoms with Crippen molar-refractivity contribution in [2.24, 2.45) is 0 Å². The summed E-state index contributed by atoms with van der Waals surface area (Å²) < 4.78 is 31.3. The van der Waals surface area contributed by atoms with Gasteiger partial charge in [-0.25, -0.2) is 0 Å². The molecule has 1 aliphatic heterocycles. The number of hydrogen-bond donors (Lipinski definition) is 1. The molecule has 7 heteroatoms. The summed E-state index contributed by atoms with van der Waals surface area (Å²) in [5, 5.41) is 3.49. The van der Waals surface area contributed by atoms with Crippen LogP contribution in [0.4, 0.5) is 8.78 Å². The van der Waals surface area contributed by atoms with E-state index in [1.54, 1.807) is 0 Å². The van der Waals surface area contributed by atoms with Gasteiger partial charge in [-0.3, -0.25) is 0 Å². The quantitative estimate of drug-likeness (QED) is 0.890. The van der Waals surface area contributed by atoms with E-state index in [2.05, 4.69) is 48.0 Å². The van der Waals surface area contributed by atoms with Crippen molar-refractivity contribution in [3.8, 4) is 6.01 Å². The van der Waals surface area contributed by atoms with E-state index < -0.39 is 12.2 Å². The number of aromatic nitrogens is 3. The average Bonchev–Trinajstić information content (AvgIpc) is 2.08.